The lowest BCUT2D eigenvalue weighted by Gasteiger charge is -2.05. The van der Waals surface area contributed by atoms with Crippen LogP contribution in [0.4, 0.5) is 0 Å². The highest BCUT2D eigenvalue weighted by Gasteiger charge is 2.09. The van der Waals surface area contributed by atoms with E-state index in [4.69, 9.17) is 11.6 Å². The van der Waals surface area contributed by atoms with Crippen LogP contribution in [0.2, 0.25) is 5.02 Å². The zero-order valence-corrected chi connectivity index (χ0v) is 11.6. The van der Waals surface area contributed by atoms with Gasteiger partial charge in [-0.05, 0) is 36.8 Å². The van der Waals surface area contributed by atoms with Gasteiger partial charge in [0.1, 0.15) is 0 Å². The SMILES string of the molecule is Cc1ccncc1-n1ccn(-c2cccc(Cl)c2)c1=O. The van der Waals surface area contributed by atoms with Crippen LogP contribution in [0, 0.1) is 6.92 Å². The number of hydrogen-bond donors (Lipinski definition) is 0. The molecule has 0 N–H and O–H groups in total. The molecule has 0 unspecified atom stereocenters. The fraction of sp³-hybridized carbons (Fsp3) is 0.0667. The Morgan fingerprint density at radius 1 is 1.15 bits per heavy atom. The molecule has 3 aromatic rings. The molecule has 0 amide bonds. The minimum Gasteiger partial charge on any atom is -0.268 e. The Kier molecular flexibility index (Phi) is 3.16. The van der Waals surface area contributed by atoms with Crippen LogP contribution in [-0.4, -0.2) is 14.1 Å². The monoisotopic (exact) mass is 285 g/mol. The third kappa shape index (κ3) is 2.14. The van der Waals surface area contributed by atoms with Crippen molar-refractivity contribution in [1.29, 1.82) is 0 Å². The van der Waals surface area contributed by atoms with E-state index in [0.29, 0.717) is 5.02 Å². The number of aryl methyl sites for hydroxylation is 1. The third-order valence-electron chi connectivity index (χ3n) is 3.13. The predicted molar refractivity (Wildman–Crippen MR) is 78.9 cm³/mol. The molecule has 0 aliphatic rings. The molecular weight excluding hydrogens is 274 g/mol. The van der Waals surface area contributed by atoms with Gasteiger partial charge in [-0.25, -0.2) is 4.79 Å². The number of pyridine rings is 1. The summed E-state index contributed by atoms with van der Waals surface area (Å²) in [5, 5.41) is 0.597. The smallest absolute Gasteiger partial charge is 0.268 e. The molecule has 0 bridgehead atoms. The lowest BCUT2D eigenvalue weighted by molar-refractivity contribution is 0.898. The molecule has 2 heterocycles. The molecule has 2 aromatic heterocycles. The molecule has 0 spiro atoms. The Labute approximate surface area is 120 Å². The van der Waals surface area contributed by atoms with Crippen molar-refractivity contribution in [3.63, 3.8) is 0 Å². The molecule has 100 valence electrons. The van der Waals surface area contributed by atoms with Gasteiger partial charge in [0.05, 0.1) is 17.6 Å². The molecule has 5 heteroatoms. The normalized spacial score (nSPS) is 10.7. The summed E-state index contributed by atoms with van der Waals surface area (Å²) >= 11 is 5.96. The molecule has 0 aliphatic heterocycles. The van der Waals surface area contributed by atoms with Crippen molar-refractivity contribution < 1.29 is 0 Å². The predicted octanol–water partition coefficient (Wildman–Crippen LogP) is 2.99. The van der Waals surface area contributed by atoms with Crippen LogP contribution in [0.15, 0.2) is 59.9 Å². The van der Waals surface area contributed by atoms with E-state index in [0.717, 1.165) is 16.9 Å². The van der Waals surface area contributed by atoms with E-state index in [1.807, 2.05) is 25.1 Å². The summed E-state index contributed by atoms with van der Waals surface area (Å²) in [7, 11) is 0. The minimum atomic E-state index is -0.150. The summed E-state index contributed by atoms with van der Waals surface area (Å²) in [6, 6.07) is 9.06. The van der Waals surface area contributed by atoms with Crippen LogP contribution in [0.3, 0.4) is 0 Å². The quantitative estimate of drug-likeness (QED) is 0.726. The highest BCUT2D eigenvalue weighted by molar-refractivity contribution is 6.30. The highest BCUT2D eigenvalue weighted by Crippen LogP contribution is 2.15. The first-order chi connectivity index (χ1) is 9.66. The second-order valence-corrected chi connectivity index (χ2v) is 4.90. The topological polar surface area (TPSA) is 39.8 Å². The number of rotatable bonds is 2. The van der Waals surface area contributed by atoms with Crippen molar-refractivity contribution in [3.05, 3.63) is 76.2 Å². The molecule has 0 atom stereocenters. The average Bonchev–Trinajstić information content (AvgIpc) is 2.81. The van der Waals surface area contributed by atoms with Crippen LogP contribution >= 0.6 is 11.6 Å². The van der Waals surface area contributed by atoms with Crippen molar-refractivity contribution in [2.24, 2.45) is 0 Å². The van der Waals surface area contributed by atoms with E-state index < -0.39 is 0 Å². The summed E-state index contributed by atoms with van der Waals surface area (Å²) in [4.78, 5) is 16.6. The first kappa shape index (κ1) is 12.7. The van der Waals surface area contributed by atoms with Crippen molar-refractivity contribution in [3.8, 4) is 11.4 Å². The second-order valence-electron chi connectivity index (χ2n) is 4.46. The van der Waals surface area contributed by atoms with Gasteiger partial charge < -0.3 is 0 Å². The Hall–Kier alpha value is -2.33. The summed E-state index contributed by atoms with van der Waals surface area (Å²) in [6.07, 6.45) is 6.84. The van der Waals surface area contributed by atoms with Crippen molar-refractivity contribution in [2.75, 3.05) is 0 Å². The van der Waals surface area contributed by atoms with E-state index in [9.17, 15) is 4.79 Å². The largest absolute Gasteiger partial charge is 0.337 e. The molecule has 4 nitrogen and oxygen atoms in total. The van der Waals surface area contributed by atoms with Gasteiger partial charge in [-0.15, -0.1) is 0 Å². The number of nitrogens with zero attached hydrogens (tertiary/aromatic N) is 3. The summed E-state index contributed by atoms with van der Waals surface area (Å²) in [5.41, 5.74) is 2.36. The summed E-state index contributed by atoms with van der Waals surface area (Å²) in [6.45, 7) is 1.94. The number of halogens is 1. The molecule has 20 heavy (non-hydrogen) atoms. The van der Waals surface area contributed by atoms with Crippen LogP contribution in [0.25, 0.3) is 11.4 Å². The van der Waals surface area contributed by atoms with E-state index >= 15 is 0 Å². The fourth-order valence-electron chi connectivity index (χ4n) is 2.09. The van der Waals surface area contributed by atoms with Crippen molar-refractivity contribution >= 4 is 11.6 Å². The van der Waals surface area contributed by atoms with Crippen molar-refractivity contribution in [2.45, 2.75) is 6.92 Å². The molecular formula is C15H12ClN3O. The molecule has 3 rings (SSSR count). The van der Waals surface area contributed by atoms with Gasteiger partial charge in [0, 0.05) is 23.6 Å². The van der Waals surface area contributed by atoms with Gasteiger partial charge in [0.25, 0.3) is 0 Å². The van der Waals surface area contributed by atoms with Gasteiger partial charge in [-0.3, -0.25) is 14.1 Å². The zero-order chi connectivity index (χ0) is 14.1. The van der Waals surface area contributed by atoms with E-state index in [1.165, 1.54) is 0 Å². The molecule has 0 radical (unpaired) electrons. The van der Waals surface area contributed by atoms with Crippen molar-refractivity contribution in [1.82, 2.24) is 14.1 Å². The summed E-state index contributed by atoms with van der Waals surface area (Å²) in [5.74, 6) is 0. The van der Waals surface area contributed by atoms with E-state index in [-0.39, 0.29) is 5.69 Å². The van der Waals surface area contributed by atoms with Gasteiger partial charge >= 0.3 is 5.69 Å². The lowest BCUT2D eigenvalue weighted by atomic mass is 10.2. The maximum absolute atomic E-state index is 12.5. The van der Waals surface area contributed by atoms with Crippen LogP contribution < -0.4 is 5.69 Å². The highest BCUT2D eigenvalue weighted by atomic mass is 35.5. The Morgan fingerprint density at radius 2 is 1.95 bits per heavy atom. The lowest BCUT2D eigenvalue weighted by Crippen LogP contribution is -2.22. The first-order valence-corrected chi connectivity index (χ1v) is 6.51. The fourth-order valence-corrected chi connectivity index (χ4v) is 2.28. The van der Waals surface area contributed by atoms with E-state index in [1.54, 1.807) is 46.1 Å². The maximum Gasteiger partial charge on any atom is 0.337 e. The third-order valence-corrected chi connectivity index (χ3v) is 3.37. The van der Waals surface area contributed by atoms with E-state index in [2.05, 4.69) is 4.98 Å². The van der Waals surface area contributed by atoms with Gasteiger partial charge in [-0.1, -0.05) is 17.7 Å². The first-order valence-electron chi connectivity index (χ1n) is 6.14. The zero-order valence-electron chi connectivity index (χ0n) is 10.8. The number of hydrogen-bond acceptors (Lipinski definition) is 2. The van der Waals surface area contributed by atoms with Gasteiger partial charge in [-0.2, -0.15) is 0 Å². The molecule has 0 aliphatic carbocycles. The maximum atomic E-state index is 12.5. The van der Waals surface area contributed by atoms with Crippen LogP contribution in [0.5, 0.6) is 0 Å². The average molecular weight is 286 g/mol. The standard InChI is InChI=1S/C15H12ClN3O/c1-11-5-6-17-10-14(11)19-8-7-18(15(19)20)13-4-2-3-12(16)9-13/h2-10H,1H3. The Balaban J connectivity index is 2.15. The summed E-state index contributed by atoms with van der Waals surface area (Å²) < 4.78 is 3.13. The number of imidazole rings is 1. The molecule has 0 saturated carbocycles. The Bertz CT molecular complexity index is 820. The molecule has 0 saturated heterocycles. The molecule has 1 aromatic carbocycles. The number of aromatic nitrogens is 3. The number of benzene rings is 1. The molecule has 0 fully saturated rings. The second kappa shape index (κ2) is 4.98. The van der Waals surface area contributed by atoms with Crippen LogP contribution in [0.1, 0.15) is 5.56 Å². The van der Waals surface area contributed by atoms with Gasteiger partial charge in [0.2, 0.25) is 0 Å². The Morgan fingerprint density at radius 3 is 2.70 bits per heavy atom. The minimum absolute atomic E-state index is 0.150. The van der Waals surface area contributed by atoms with Crippen LogP contribution in [-0.2, 0) is 0 Å². The van der Waals surface area contributed by atoms with Gasteiger partial charge in [0.15, 0.2) is 0 Å².